The SMILES string of the molecule is CCNC(=NCCc1ccc(S(C)(=O)=O)cc1)N1CCC(N2CCCC2)C1. The monoisotopic (exact) mass is 392 g/mol. The van der Waals surface area contributed by atoms with Crippen molar-refractivity contribution in [2.24, 2.45) is 4.99 Å². The van der Waals surface area contributed by atoms with Crippen LogP contribution in [0, 0.1) is 0 Å². The summed E-state index contributed by atoms with van der Waals surface area (Å²) in [4.78, 5) is 10.2. The Labute approximate surface area is 163 Å². The van der Waals surface area contributed by atoms with Crippen LogP contribution in [-0.4, -0.2) is 75.7 Å². The highest BCUT2D eigenvalue weighted by Gasteiger charge is 2.30. The van der Waals surface area contributed by atoms with Gasteiger partial charge in [0.15, 0.2) is 15.8 Å². The van der Waals surface area contributed by atoms with E-state index in [2.05, 4.69) is 22.0 Å². The van der Waals surface area contributed by atoms with Gasteiger partial charge in [-0.25, -0.2) is 8.42 Å². The van der Waals surface area contributed by atoms with Crippen LogP contribution in [-0.2, 0) is 16.3 Å². The molecule has 2 heterocycles. The van der Waals surface area contributed by atoms with E-state index < -0.39 is 9.84 Å². The average molecular weight is 393 g/mol. The van der Waals surface area contributed by atoms with Gasteiger partial charge in [0.25, 0.3) is 0 Å². The molecule has 0 radical (unpaired) electrons. The molecule has 0 spiro atoms. The first-order valence-electron chi connectivity index (χ1n) is 10.0. The minimum absolute atomic E-state index is 0.369. The molecule has 0 aliphatic carbocycles. The van der Waals surface area contributed by atoms with Crippen LogP contribution in [0.4, 0.5) is 0 Å². The summed E-state index contributed by atoms with van der Waals surface area (Å²) < 4.78 is 23.1. The normalized spacial score (nSPS) is 21.8. The van der Waals surface area contributed by atoms with E-state index in [0.29, 0.717) is 17.5 Å². The highest BCUT2D eigenvalue weighted by molar-refractivity contribution is 7.90. The molecule has 1 unspecified atom stereocenters. The molecule has 0 saturated carbocycles. The zero-order chi connectivity index (χ0) is 19.3. The molecule has 27 heavy (non-hydrogen) atoms. The number of nitrogens with zero attached hydrogens (tertiary/aromatic N) is 3. The molecule has 2 aliphatic rings. The van der Waals surface area contributed by atoms with Crippen LogP contribution in [0.15, 0.2) is 34.2 Å². The number of sulfone groups is 1. The van der Waals surface area contributed by atoms with Gasteiger partial charge in [-0.3, -0.25) is 9.89 Å². The molecule has 1 N–H and O–H groups in total. The Morgan fingerprint density at radius 1 is 1.19 bits per heavy atom. The van der Waals surface area contributed by atoms with Crippen LogP contribution in [0.2, 0.25) is 0 Å². The lowest BCUT2D eigenvalue weighted by Crippen LogP contribution is -2.42. The molecule has 2 aliphatic heterocycles. The highest BCUT2D eigenvalue weighted by atomic mass is 32.2. The lowest BCUT2D eigenvalue weighted by Gasteiger charge is -2.25. The number of nitrogens with one attached hydrogen (secondary N) is 1. The molecular formula is C20H32N4O2S. The van der Waals surface area contributed by atoms with Crippen LogP contribution in [0.1, 0.15) is 31.7 Å². The molecular weight excluding hydrogens is 360 g/mol. The Bertz CT molecular complexity index is 740. The van der Waals surface area contributed by atoms with E-state index in [1.165, 1.54) is 38.6 Å². The summed E-state index contributed by atoms with van der Waals surface area (Å²) in [6, 6.07) is 7.80. The summed E-state index contributed by atoms with van der Waals surface area (Å²) in [5, 5.41) is 3.43. The average Bonchev–Trinajstić information content (AvgIpc) is 3.32. The van der Waals surface area contributed by atoms with Crippen molar-refractivity contribution in [3.05, 3.63) is 29.8 Å². The Morgan fingerprint density at radius 2 is 1.89 bits per heavy atom. The first-order chi connectivity index (χ1) is 13.0. The van der Waals surface area contributed by atoms with Gasteiger partial charge in [0, 0.05) is 38.5 Å². The van der Waals surface area contributed by atoms with Crippen LogP contribution in [0.5, 0.6) is 0 Å². The largest absolute Gasteiger partial charge is 0.357 e. The Kier molecular flexibility index (Phi) is 6.76. The predicted octanol–water partition coefficient (Wildman–Crippen LogP) is 1.77. The number of hydrogen-bond acceptors (Lipinski definition) is 4. The Balaban J connectivity index is 1.56. The Morgan fingerprint density at radius 3 is 2.52 bits per heavy atom. The van der Waals surface area contributed by atoms with Crippen LogP contribution in [0.25, 0.3) is 0 Å². The van der Waals surface area contributed by atoms with E-state index in [0.717, 1.165) is 37.6 Å². The summed E-state index contributed by atoms with van der Waals surface area (Å²) in [5.74, 6) is 1.01. The van der Waals surface area contributed by atoms with Gasteiger partial charge >= 0.3 is 0 Å². The number of aliphatic imine (C=N–C) groups is 1. The maximum atomic E-state index is 11.5. The van der Waals surface area contributed by atoms with Gasteiger partial charge in [-0.15, -0.1) is 0 Å². The van der Waals surface area contributed by atoms with Crippen molar-refractivity contribution in [2.75, 3.05) is 45.5 Å². The smallest absolute Gasteiger partial charge is 0.193 e. The lowest BCUT2D eigenvalue weighted by atomic mass is 10.1. The summed E-state index contributed by atoms with van der Waals surface area (Å²) in [7, 11) is -3.13. The van der Waals surface area contributed by atoms with E-state index in [4.69, 9.17) is 4.99 Å². The minimum Gasteiger partial charge on any atom is -0.357 e. The van der Waals surface area contributed by atoms with Gasteiger partial charge in [0.05, 0.1) is 4.90 Å². The van der Waals surface area contributed by atoms with E-state index in [1.54, 1.807) is 12.1 Å². The second-order valence-electron chi connectivity index (χ2n) is 7.53. The van der Waals surface area contributed by atoms with Crippen molar-refractivity contribution in [1.29, 1.82) is 0 Å². The summed E-state index contributed by atoms with van der Waals surface area (Å²) >= 11 is 0. The fourth-order valence-electron chi connectivity index (χ4n) is 3.96. The van der Waals surface area contributed by atoms with Crippen LogP contribution < -0.4 is 5.32 Å². The molecule has 1 atom stereocenters. The summed E-state index contributed by atoms with van der Waals surface area (Å²) in [5.41, 5.74) is 1.11. The zero-order valence-corrected chi connectivity index (χ0v) is 17.3. The van der Waals surface area contributed by atoms with E-state index >= 15 is 0 Å². The van der Waals surface area contributed by atoms with Gasteiger partial charge in [0.1, 0.15) is 0 Å². The standard InChI is InChI=1S/C20H32N4O2S/c1-3-21-20(24-15-11-18(16-24)23-13-4-5-14-23)22-12-10-17-6-8-19(9-7-17)27(2,25)26/h6-9,18H,3-5,10-16H2,1-2H3,(H,21,22). The van der Waals surface area contributed by atoms with Gasteiger partial charge in [-0.1, -0.05) is 12.1 Å². The summed E-state index contributed by atoms with van der Waals surface area (Å²) in [6.07, 6.45) is 5.94. The predicted molar refractivity (Wildman–Crippen MR) is 110 cm³/mol. The first-order valence-corrected chi connectivity index (χ1v) is 11.9. The van der Waals surface area contributed by atoms with Crippen molar-refractivity contribution < 1.29 is 8.42 Å². The van der Waals surface area contributed by atoms with E-state index in [9.17, 15) is 8.42 Å². The molecule has 2 saturated heterocycles. The van der Waals surface area contributed by atoms with Crippen LogP contribution in [0.3, 0.4) is 0 Å². The van der Waals surface area contributed by atoms with Gasteiger partial charge in [-0.05, 0) is 63.4 Å². The molecule has 1 aromatic rings. The van der Waals surface area contributed by atoms with E-state index in [-0.39, 0.29) is 0 Å². The maximum absolute atomic E-state index is 11.5. The third-order valence-electron chi connectivity index (χ3n) is 5.47. The van der Waals surface area contributed by atoms with Crippen LogP contribution >= 0.6 is 0 Å². The van der Waals surface area contributed by atoms with Crippen molar-refractivity contribution in [1.82, 2.24) is 15.1 Å². The zero-order valence-electron chi connectivity index (χ0n) is 16.5. The number of hydrogen-bond donors (Lipinski definition) is 1. The molecule has 150 valence electrons. The third kappa shape index (κ3) is 5.45. The third-order valence-corrected chi connectivity index (χ3v) is 6.60. The highest BCUT2D eigenvalue weighted by Crippen LogP contribution is 2.20. The van der Waals surface area contributed by atoms with Crippen molar-refractivity contribution in [2.45, 2.75) is 43.5 Å². The number of benzene rings is 1. The maximum Gasteiger partial charge on any atom is 0.193 e. The molecule has 0 aromatic heterocycles. The lowest BCUT2D eigenvalue weighted by molar-refractivity contribution is 0.249. The number of rotatable bonds is 6. The topological polar surface area (TPSA) is 65.0 Å². The molecule has 0 bridgehead atoms. The minimum atomic E-state index is -3.13. The molecule has 3 rings (SSSR count). The first kappa shape index (κ1) is 20.1. The fourth-order valence-corrected chi connectivity index (χ4v) is 4.59. The van der Waals surface area contributed by atoms with Crippen molar-refractivity contribution in [3.8, 4) is 0 Å². The molecule has 6 nitrogen and oxygen atoms in total. The molecule has 0 amide bonds. The number of likely N-dealkylation sites (tertiary alicyclic amines) is 2. The van der Waals surface area contributed by atoms with Crippen molar-refractivity contribution >= 4 is 15.8 Å². The number of guanidine groups is 1. The van der Waals surface area contributed by atoms with Crippen molar-refractivity contribution in [3.63, 3.8) is 0 Å². The molecule has 7 heteroatoms. The second kappa shape index (κ2) is 9.06. The van der Waals surface area contributed by atoms with Gasteiger partial charge in [0.2, 0.25) is 0 Å². The van der Waals surface area contributed by atoms with E-state index in [1.807, 2.05) is 12.1 Å². The van der Waals surface area contributed by atoms with Gasteiger partial charge in [-0.2, -0.15) is 0 Å². The molecule has 1 aromatic carbocycles. The fraction of sp³-hybridized carbons (Fsp3) is 0.650. The Hall–Kier alpha value is -1.60. The quantitative estimate of drug-likeness (QED) is 0.590. The van der Waals surface area contributed by atoms with Gasteiger partial charge < -0.3 is 10.2 Å². The summed E-state index contributed by atoms with van der Waals surface area (Å²) in [6.45, 7) is 8.29. The second-order valence-corrected chi connectivity index (χ2v) is 9.55. The molecule has 2 fully saturated rings.